The van der Waals surface area contributed by atoms with Crippen LogP contribution in [0.25, 0.3) is 0 Å². The summed E-state index contributed by atoms with van der Waals surface area (Å²) in [5.74, 6) is -0.876. The van der Waals surface area contributed by atoms with Crippen LogP contribution in [0.2, 0.25) is 10.0 Å². The second-order valence-corrected chi connectivity index (χ2v) is 10.9. The second-order valence-electron chi connectivity index (χ2n) is 8.22. The van der Waals surface area contributed by atoms with E-state index in [4.69, 9.17) is 23.2 Å². The highest BCUT2D eigenvalue weighted by Gasteiger charge is 2.30. The molecule has 0 aliphatic heterocycles. The monoisotopic (exact) mass is 513 g/mol. The average Bonchev–Trinajstić information content (AvgIpc) is 2.70. The van der Waals surface area contributed by atoms with Gasteiger partial charge >= 0.3 is 0 Å². The van der Waals surface area contributed by atoms with Crippen molar-refractivity contribution >= 4 is 50.7 Å². The Balaban J connectivity index is 2.41. The number of hydrogen-bond acceptors (Lipinski definition) is 4. The van der Waals surface area contributed by atoms with Crippen molar-refractivity contribution in [3.8, 4) is 0 Å². The molecular formula is C23H29Cl2N3O4S. The van der Waals surface area contributed by atoms with Gasteiger partial charge in [-0.1, -0.05) is 41.4 Å². The van der Waals surface area contributed by atoms with Crippen molar-refractivity contribution in [1.29, 1.82) is 0 Å². The third-order valence-corrected chi connectivity index (χ3v) is 6.78. The molecule has 2 aromatic rings. The highest BCUT2D eigenvalue weighted by atomic mass is 35.5. The van der Waals surface area contributed by atoms with E-state index in [2.05, 4.69) is 5.32 Å². The molecular weight excluding hydrogens is 485 g/mol. The largest absolute Gasteiger partial charge is 0.352 e. The molecule has 0 bridgehead atoms. The van der Waals surface area contributed by atoms with Gasteiger partial charge in [-0.2, -0.15) is 0 Å². The first-order chi connectivity index (χ1) is 15.3. The van der Waals surface area contributed by atoms with Crippen molar-refractivity contribution in [2.45, 2.75) is 46.3 Å². The highest BCUT2D eigenvalue weighted by Crippen LogP contribution is 2.24. The van der Waals surface area contributed by atoms with E-state index in [0.29, 0.717) is 21.3 Å². The first-order valence-electron chi connectivity index (χ1n) is 10.4. The lowest BCUT2D eigenvalue weighted by atomic mass is 10.1. The topological polar surface area (TPSA) is 86.8 Å². The number of carbonyl (C=O) groups is 2. The Bertz CT molecular complexity index is 1120. The lowest BCUT2D eigenvalue weighted by molar-refractivity contribution is -0.139. The molecule has 0 fully saturated rings. The zero-order valence-corrected chi connectivity index (χ0v) is 21.6. The van der Waals surface area contributed by atoms with Gasteiger partial charge in [-0.3, -0.25) is 13.9 Å². The normalized spacial score (nSPS) is 12.4. The van der Waals surface area contributed by atoms with E-state index in [-0.39, 0.29) is 18.5 Å². The highest BCUT2D eigenvalue weighted by molar-refractivity contribution is 7.92. The number of sulfonamides is 1. The number of hydrogen-bond donors (Lipinski definition) is 1. The van der Waals surface area contributed by atoms with Gasteiger partial charge in [0.05, 0.1) is 22.0 Å². The Kier molecular flexibility index (Phi) is 9.17. The molecule has 0 heterocycles. The number of aryl methyl sites for hydroxylation is 1. The summed E-state index contributed by atoms with van der Waals surface area (Å²) in [6.07, 6.45) is 1.04. The van der Waals surface area contributed by atoms with Crippen molar-refractivity contribution in [3.05, 3.63) is 63.6 Å². The predicted octanol–water partition coefficient (Wildman–Crippen LogP) is 4.01. The lowest BCUT2D eigenvalue weighted by Gasteiger charge is -2.32. The fraction of sp³-hybridized carbons (Fsp3) is 0.391. The van der Waals surface area contributed by atoms with Crippen LogP contribution >= 0.6 is 23.2 Å². The van der Waals surface area contributed by atoms with E-state index in [1.54, 1.807) is 43.3 Å². The number of nitrogens with one attached hydrogen (secondary N) is 1. The Hall–Kier alpha value is -2.29. The van der Waals surface area contributed by atoms with Gasteiger partial charge in [0.1, 0.15) is 12.6 Å². The number of carbonyl (C=O) groups excluding carboxylic acids is 2. The summed E-state index contributed by atoms with van der Waals surface area (Å²) in [4.78, 5) is 27.5. The molecule has 2 amide bonds. The quantitative estimate of drug-likeness (QED) is 0.548. The molecule has 0 aliphatic carbocycles. The standard InChI is InChI=1S/C23H29Cl2N3O4S/c1-15(2)26-23(30)17(4)27(13-18-9-10-20(24)21(25)12-18)22(29)14-28(33(5,31)32)19-8-6-7-16(3)11-19/h6-12,15,17H,13-14H2,1-5H3,(H,26,30). The average molecular weight is 514 g/mol. The van der Waals surface area contributed by atoms with Gasteiger partial charge in [0.15, 0.2) is 0 Å². The van der Waals surface area contributed by atoms with E-state index >= 15 is 0 Å². The molecule has 0 spiro atoms. The molecule has 0 aromatic heterocycles. The maximum absolute atomic E-state index is 13.4. The van der Waals surface area contributed by atoms with Gasteiger partial charge in [0, 0.05) is 12.6 Å². The van der Waals surface area contributed by atoms with Crippen LogP contribution in [-0.4, -0.2) is 50.0 Å². The fourth-order valence-electron chi connectivity index (χ4n) is 3.22. The predicted molar refractivity (Wildman–Crippen MR) is 133 cm³/mol. The smallest absolute Gasteiger partial charge is 0.244 e. The lowest BCUT2D eigenvalue weighted by Crippen LogP contribution is -2.52. The molecule has 0 aliphatic rings. The molecule has 0 saturated carbocycles. The SMILES string of the molecule is Cc1cccc(N(CC(=O)N(Cc2ccc(Cl)c(Cl)c2)C(C)C(=O)NC(C)C)S(C)(=O)=O)c1. The Morgan fingerprint density at radius 3 is 2.24 bits per heavy atom. The van der Waals surface area contributed by atoms with Crippen molar-refractivity contribution < 1.29 is 18.0 Å². The molecule has 1 unspecified atom stereocenters. The number of amides is 2. The molecule has 1 N–H and O–H groups in total. The third kappa shape index (κ3) is 7.62. The zero-order chi connectivity index (χ0) is 24.9. The van der Waals surface area contributed by atoms with Gasteiger partial charge < -0.3 is 10.2 Å². The number of anilines is 1. The molecule has 2 aromatic carbocycles. The Labute approximate surface area is 205 Å². The van der Waals surface area contributed by atoms with Crippen molar-refractivity contribution in [1.82, 2.24) is 10.2 Å². The van der Waals surface area contributed by atoms with Crippen LogP contribution in [-0.2, 0) is 26.2 Å². The van der Waals surface area contributed by atoms with E-state index in [9.17, 15) is 18.0 Å². The zero-order valence-electron chi connectivity index (χ0n) is 19.3. The first-order valence-corrected chi connectivity index (χ1v) is 13.0. The van der Waals surface area contributed by atoms with E-state index in [1.165, 1.54) is 4.90 Å². The molecule has 0 saturated heterocycles. The molecule has 180 valence electrons. The van der Waals surface area contributed by atoms with Gasteiger partial charge in [0.25, 0.3) is 0 Å². The van der Waals surface area contributed by atoms with Crippen LogP contribution in [0, 0.1) is 6.92 Å². The van der Waals surface area contributed by atoms with Gasteiger partial charge in [-0.15, -0.1) is 0 Å². The van der Waals surface area contributed by atoms with E-state index < -0.39 is 28.5 Å². The van der Waals surface area contributed by atoms with E-state index in [1.807, 2.05) is 26.8 Å². The molecule has 0 radical (unpaired) electrons. The van der Waals surface area contributed by atoms with Crippen molar-refractivity contribution in [2.24, 2.45) is 0 Å². The maximum Gasteiger partial charge on any atom is 0.244 e. The minimum absolute atomic E-state index is 0.0494. The van der Waals surface area contributed by atoms with Crippen LogP contribution in [0.15, 0.2) is 42.5 Å². The third-order valence-electron chi connectivity index (χ3n) is 4.90. The van der Waals surface area contributed by atoms with Gasteiger partial charge in [-0.25, -0.2) is 8.42 Å². The van der Waals surface area contributed by atoms with Gasteiger partial charge in [0.2, 0.25) is 21.8 Å². The Morgan fingerprint density at radius 1 is 1.03 bits per heavy atom. The number of rotatable bonds is 9. The first kappa shape index (κ1) is 27.0. The summed E-state index contributed by atoms with van der Waals surface area (Å²) in [6.45, 7) is 6.67. The van der Waals surface area contributed by atoms with Crippen LogP contribution in [0.1, 0.15) is 31.9 Å². The Morgan fingerprint density at radius 2 is 1.70 bits per heavy atom. The number of nitrogens with zero attached hydrogens (tertiary/aromatic N) is 2. The summed E-state index contributed by atoms with van der Waals surface area (Å²) in [7, 11) is -3.77. The summed E-state index contributed by atoms with van der Waals surface area (Å²) in [6, 6.07) is 10.8. The number of halogens is 2. The fourth-order valence-corrected chi connectivity index (χ4v) is 4.38. The minimum Gasteiger partial charge on any atom is -0.352 e. The van der Waals surface area contributed by atoms with Crippen LogP contribution < -0.4 is 9.62 Å². The molecule has 33 heavy (non-hydrogen) atoms. The minimum atomic E-state index is -3.77. The summed E-state index contributed by atoms with van der Waals surface area (Å²) < 4.78 is 26.1. The second kappa shape index (κ2) is 11.2. The van der Waals surface area contributed by atoms with Crippen LogP contribution in [0.5, 0.6) is 0 Å². The molecule has 10 heteroatoms. The molecule has 2 rings (SSSR count). The maximum atomic E-state index is 13.4. The summed E-state index contributed by atoms with van der Waals surface area (Å²) in [5, 5.41) is 3.48. The van der Waals surface area contributed by atoms with Crippen LogP contribution in [0.3, 0.4) is 0 Å². The number of benzene rings is 2. The summed E-state index contributed by atoms with van der Waals surface area (Å²) in [5.41, 5.74) is 1.88. The van der Waals surface area contributed by atoms with Crippen molar-refractivity contribution in [3.63, 3.8) is 0 Å². The van der Waals surface area contributed by atoms with Gasteiger partial charge in [-0.05, 0) is 63.1 Å². The van der Waals surface area contributed by atoms with Crippen LogP contribution in [0.4, 0.5) is 5.69 Å². The van der Waals surface area contributed by atoms with E-state index in [0.717, 1.165) is 16.1 Å². The molecule has 7 nitrogen and oxygen atoms in total. The van der Waals surface area contributed by atoms with Crippen molar-refractivity contribution in [2.75, 3.05) is 17.1 Å². The summed E-state index contributed by atoms with van der Waals surface area (Å²) >= 11 is 12.1. The molecule has 1 atom stereocenters.